The van der Waals surface area contributed by atoms with Gasteiger partial charge in [0.25, 0.3) is 0 Å². The van der Waals surface area contributed by atoms with Gasteiger partial charge in [-0.05, 0) is 50.0 Å². The third kappa shape index (κ3) is 2.32. The Hall–Kier alpha value is -0.760. The first-order valence-corrected chi connectivity index (χ1v) is 6.37. The molecule has 0 aromatic carbocycles. The lowest BCUT2D eigenvalue weighted by Crippen LogP contribution is -2.29. The van der Waals surface area contributed by atoms with Crippen LogP contribution in [-0.4, -0.2) is 0 Å². The van der Waals surface area contributed by atoms with Crippen molar-refractivity contribution in [2.75, 3.05) is 0 Å². The predicted octanol–water partition coefficient (Wildman–Crippen LogP) is 3.66. The summed E-state index contributed by atoms with van der Waals surface area (Å²) in [7, 11) is 0. The molecule has 0 bridgehead atoms. The van der Waals surface area contributed by atoms with E-state index in [1.165, 1.54) is 24.8 Å². The van der Waals surface area contributed by atoms with E-state index in [9.17, 15) is 0 Å². The van der Waals surface area contributed by atoms with E-state index >= 15 is 0 Å². The highest BCUT2D eigenvalue weighted by Gasteiger charge is 2.30. The largest absolute Gasteiger partial charge is 0.469 e. The van der Waals surface area contributed by atoms with Crippen LogP contribution in [0.2, 0.25) is 0 Å². The van der Waals surface area contributed by atoms with Gasteiger partial charge in [0.15, 0.2) is 0 Å². The minimum absolute atomic E-state index is 0.156. The van der Waals surface area contributed by atoms with Gasteiger partial charge in [0, 0.05) is 11.6 Å². The van der Waals surface area contributed by atoms with E-state index in [1.54, 1.807) is 6.26 Å². The molecule has 1 saturated carbocycles. The molecule has 0 aliphatic heterocycles. The van der Waals surface area contributed by atoms with E-state index in [1.807, 2.05) is 13.0 Å². The van der Waals surface area contributed by atoms with E-state index in [4.69, 9.17) is 10.2 Å². The quantitative estimate of drug-likeness (QED) is 0.827. The molecule has 1 aliphatic rings. The average Bonchev–Trinajstić information content (AvgIpc) is 2.62. The number of hydrogen-bond acceptors (Lipinski definition) is 2. The Morgan fingerprint density at radius 3 is 2.38 bits per heavy atom. The molecule has 1 aromatic heterocycles. The summed E-state index contributed by atoms with van der Waals surface area (Å²) < 4.78 is 5.35. The number of aryl methyl sites for hydroxylation is 1. The zero-order chi connectivity index (χ0) is 11.7. The van der Waals surface area contributed by atoms with Crippen molar-refractivity contribution < 1.29 is 4.42 Å². The number of rotatable bonds is 2. The second kappa shape index (κ2) is 4.62. The monoisotopic (exact) mass is 221 g/mol. The SMILES string of the molecule is Cc1occc1C(N)C1CC(C)CC(C)C1. The van der Waals surface area contributed by atoms with Gasteiger partial charge < -0.3 is 10.2 Å². The summed E-state index contributed by atoms with van der Waals surface area (Å²) in [5.74, 6) is 3.23. The van der Waals surface area contributed by atoms with Crippen LogP contribution in [0.5, 0.6) is 0 Å². The first-order valence-electron chi connectivity index (χ1n) is 6.37. The van der Waals surface area contributed by atoms with Crippen LogP contribution >= 0.6 is 0 Å². The van der Waals surface area contributed by atoms with Crippen molar-refractivity contribution in [2.24, 2.45) is 23.5 Å². The van der Waals surface area contributed by atoms with Crippen molar-refractivity contribution in [1.82, 2.24) is 0 Å². The van der Waals surface area contributed by atoms with Gasteiger partial charge in [-0.2, -0.15) is 0 Å². The predicted molar refractivity (Wildman–Crippen MR) is 66.0 cm³/mol. The van der Waals surface area contributed by atoms with E-state index < -0.39 is 0 Å². The third-order valence-electron chi connectivity index (χ3n) is 3.98. The fourth-order valence-corrected chi connectivity index (χ4v) is 3.30. The highest BCUT2D eigenvalue weighted by atomic mass is 16.3. The molecular weight excluding hydrogens is 198 g/mol. The molecule has 0 amide bonds. The van der Waals surface area contributed by atoms with Crippen molar-refractivity contribution in [1.29, 1.82) is 0 Å². The van der Waals surface area contributed by atoms with Crippen LogP contribution in [0.15, 0.2) is 16.7 Å². The normalized spacial score (nSPS) is 32.6. The molecular formula is C14H23NO. The average molecular weight is 221 g/mol. The van der Waals surface area contributed by atoms with Gasteiger partial charge in [0.1, 0.15) is 5.76 Å². The van der Waals surface area contributed by atoms with Gasteiger partial charge >= 0.3 is 0 Å². The van der Waals surface area contributed by atoms with E-state index in [2.05, 4.69) is 13.8 Å². The molecule has 0 spiro atoms. The summed E-state index contributed by atoms with van der Waals surface area (Å²) in [6, 6.07) is 2.19. The van der Waals surface area contributed by atoms with Gasteiger partial charge in [0.2, 0.25) is 0 Å². The Bertz CT molecular complexity index is 334. The van der Waals surface area contributed by atoms with E-state index in [-0.39, 0.29) is 6.04 Å². The molecule has 1 heterocycles. The minimum atomic E-state index is 0.156. The van der Waals surface area contributed by atoms with Crippen LogP contribution < -0.4 is 5.73 Å². The van der Waals surface area contributed by atoms with Crippen LogP contribution in [-0.2, 0) is 0 Å². The fraction of sp³-hybridized carbons (Fsp3) is 0.714. The summed E-state index contributed by atoms with van der Waals surface area (Å²) in [5.41, 5.74) is 7.58. The first-order chi connectivity index (χ1) is 7.58. The molecule has 3 unspecified atom stereocenters. The number of furan rings is 1. The minimum Gasteiger partial charge on any atom is -0.469 e. The van der Waals surface area contributed by atoms with Gasteiger partial charge in [0.05, 0.1) is 6.26 Å². The van der Waals surface area contributed by atoms with Crippen LogP contribution in [0.4, 0.5) is 0 Å². The molecule has 2 heteroatoms. The maximum atomic E-state index is 6.38. The van der Waals surface area contributed by atoms with Crippen molar-refractivity contribution in [3.05, 3.63) is 23.7 Å². The highest BCUT2D eigenvalue weighted by molar-refractivity contribution is 5.20. The maximum absolute atomic E-state index is 6.38. The summed E-state index contributed by atoms with van der Waals surface area (Å²) in [5, 5.41) is 0. The molecule has 90 valence electrons. The number of nitrogens with two attached hydrogens (primary N) is 1. The summed E-state index contributed by atoms with van der Waals surface area (Å²) in [4.78, 5) is 0. The summed E-state index contributed by atoms with van der Waals surface area (Å²) in [6.45, 7) is 6.69. The lowest BCUT2D eigenvalue weighted by molar-refractivity contribution is 0.192. The smallest absolute Gasteiger partial charge is 0.105 e. The molecule has 2 nitrogen and oxygen atoms in total. The molecule has 16 heavy (non-hydrogen) atoms. The third-order valence-corrected chi connectivity index (χ3v) is 3.98. The molecule has 0 saturated heterocycles. The fourth-order valence-electron chi connectivity index (χ4n) is 3.30. The molecule has 1 fully saturated rings. The molecule has 2 rings (SSSR count). The lowest BCUT2D eigenvalue weighted by atomic mass is 9.73. The Morgan fingerprint density at radius 2 is 1.88 bits per heavy atom. The van der Waals surface area contributed by atoms with Gasteiger partial charge in [-0.1, -0.05) is 13.8 Å². The molecule has 0 radical (unpaired) electrons. The second-order valence-electron chi connectivity index (χ2n) is 5.64. The van der Waals surface area contributed by atoms with Crippen LogP contribution in [0.25, 0.3) is 0 Å². The highest BCUT2D eigenvalue weighted by Crippen LogP contribution is 2.39. The summed E-state index contributed by atoms with van der Waals surface area (Å²) in [6.07, 6.45) is 5.63. The van der Waals surface area contributed by atoms with Crippen molar-refractivity contribution >= 4 is 0 Å². The zero-order valence-corrected chi connectivity index (χ0v) is 10.6. The molecule has 1 aliphatic carbocycles. The number of hydrogen-bond donors (Lipinski definition) is 1. The molecule has 1 aromatic rings. The molecule has 3 atom stereocenters. The van der Waals surface area contributed by atoms with Gasteiger partial charge in [-0.15, -0.1) is 0 Å². The Morgan fingerprint density at radius 1 is 1.25 bits per heavy atom. The van der Waals surface area contributed by atoms with Crippen LogP contribution in [0.1, 0.15) is 50.5 Å². The van der Waals surface area contributed by atoms with Crippen LogP contribution in [0.3, 0.4) is 0 Å². The first kappa shape index (κ1) is 11.7. The Labute approximate surface area is 98.2 Å². The lowest BCUT2D eigenvalue weighted by Gasteiger charge is -2.34. The topological polar surface area (TPSA) is 39.2 Å². The van der Waals surface area contributed by atoms with Crippen molar-refractivity contribution in [2.45, 2.75) is 46.1 Å². The van der Waals surface area contributed by atoms with Crippen molar-refractivity contribution in [3.8, 4) is 0 Å². The molecule has 2 N–H and O–H groups in total. The van der Waals surface area contributed by atoms with Crippen molar-refractivity contribution in [3.63, 3.8) is 0 Å². The van der Waals surface area contributed by atoms with E-state index in [0.29, 0.717) is 5.92 Å². The summed E-state index contributed by atoms with van der Waals surface area (Å²) >= 11 is 0. The van der Waals surface area contributed by atoms with E-state index in [0.717, 1.165) is 17.6 Å². The van der Waals surface area contributed by atoms with Gasteiger partial charge in [-0.3, -0.25) is 0 Å². The Balaban J connectivity index is 2.10. The standard InChI is InChI=1S/C14H23NO/c1-9-6-10(2)8-12(7-9)14(15)13-4-5-16-11(13)3/h4-5,9-10,12,14H,6-8,15H2,1-3H3. The Kier molecular flexibility index (Phi) is 3.38. The second-order valence-corrected chi connectivity index (χ2v) is 5.64. The van der Waals surface area contributed by atoms with Crippen LogP contribution in [0, 0.1) is 24.7 Å². The van der Waals surface area contributed by atoms with Gasteiger partial charge in [-0.25, -0.2) is 0 Å². The maximum Gasteiger partial charge on any atom is 0.105 e. The zero-order valence-electron chi connectivity index (χ0n) is 10.6.